The van der Waals surface area contributed by atoms with E-state index in [-0.39, 0.29) is 35.1 Å². The van der Waals surface area contributed by atoms with E-state index in [0.717, 1.165) is 12.8 Å². The number of nitrogens with zero attached hydrogens (tertiary/aromatic N) is 3. The number of sulfonamides is 1. The van der Waals surface area contributed by atoms with Gasteiger partial charge in [-0.2, -0.15) is 4.31 Å². The maximum absolute atomic E-state index is 12.9. The van der Waals surface area contributed by atoms with Gasteiger partial charge in [0.05, 0.1) is 24.0 Å². The minimum Gasteiger partial charge on any atom is -0.466 e. The fraction of sp³-hybridized carbons (Fsp3) is 0.625. The molecule has 10 heteroatoms. The van der Waals surface area contributed by atoms with Gasteiger partial charge in [-0.15, -0.1) is 0 Å². The summed E-state index contributed by atoms with van der Waals surface area (Å²) in [6.45, 7) is 5.89. The zero-order chi connectivity index (χ0) is 24.9. The Morgan fingerprint density at radius 3 is 2.32 bits per heavy atom. The van der Waals surface area contributed by atoms with Crippen LogP contribution in [0.2, 0.25) is 0 Å². The lowest BCUT2D eigenvalue weighted by atomic mass is 9.98. The molecular formula is C24H35N3O6S. The zero-order valence-electron chi connectivity index (χ0n) is 20.2. The highest BCUT2D eigenvalue weighted by atomic mass is 32.2. The number of hydrogen-bond acceptors (Lipinski definition) is 6. The SMILES string of the molecule is CCOC(=O)C1CCCN(C(=O)CN(C)C(=O)c2ccc(S(=O)(=O)N3CCC(C)CC3)cc2)C1. The third-order valence-corrected chi connectivity index (χ3v) is 8.51. The number of carbonyl (C=O) groups excluding carboxylic acids is 3. The molecular weight excluding hydrogens is 458 g/mol. The van der Waals surface area contributed by atoms with Crippen molar-refractivity contribution in [2.45, 2.75) is 44.4 Å². The van der Waals surface area contributed by atoms with Crippen molar-refractivity contribution < 1.29 is 27.5 Å². The van der Waals surface area contributed by atoms with E-state index in [4.69, 9.17) is 4.74 Å². The van der Waals surface area contributed by atoms with Crippen LogP contribution in [0.4, 0.5) is 0 Å². The van der Waals surface area contributed by atoms with Gasteiger partial charge in [0.1, 0.15) is 0 Å². The van der Waals surface area contributed by atoms with E-state index >= 15 is 0 Å². The maximum atomic E-state index is 12.9. The first kappa shape index (κ1) is 26.2. The van der Waals surface area contributed by atoms with Gasteiger partial charge < -0.3 is 14.5 Å². The van der Waals surface area contributed by atoms with Gasteiger partial charge in [-0.1, -0.05) is 6.92 Å². The van der Waals surface area contributed by atoms with E-state index in [0.29, 0.717) is 57.1 Å². The first-order valence-corrected chi connectivity index (χ1v) is 13.4. The third-order valence-electron chi connectivity index (χ3n) is 6.59. The molecule has 2 fully saturated rings. The van der Waals surface area contributed by atoms with Crippen LogP contribution in [0.3, 0.4) is 0 Å². The molecule has 3 rings (SSSR count). The van der Waals surface area contributed by atoms with Gasteiger partial charge in [-0.05, 0) is 62.8 Å². The molecule has 34 heavy (non-hydrogen) atoms. The fourth-order valence-corrected chi connectivity index (χ4v) is 5.86. The lowest BCUT2D eigenvalue weighted by Crippen LogP contribution is -2.47. The highest BCUT2D eigenvalue weighted by molar-refractivity contribution is 7.89. The highest BCUT2D eigenvalue weighted by Gasteiger charge is 2.31. The molecule has 9 nitrogen and oxygen atoms in total. The summed E-state index contributed by atoms with van der Waals surface area (Å²) in [6.07, 6.45) is 3.07. The highest BCUT2D eigenvalue weighted by Crippen LogP contribution is 2.24. The van der Waals surface area contributed by atoms with Crippen LogP contribution < -0.4 is 0 Å². The van der Waals surface area contributed by atoms with E-state index < -0.39 is 10.0 Å². The molecule has 0 aromatic heterocycles. The van der Waals surface area contributed by atoms with Gasteiger partial charge in [-0.3, -0.25) is 14.4 Å². The Morgan fingerprint density at radius 2 is 1.71 bits per heavy atom. The van der Waals surface area contributed by atoms with Crippen LogP contribution >= 0.6 is 0 Å². The molecule has 1 aromatic rings. The summed E-state index contributed by atoms with van der Waals surface area (Å²) in [6, 6.07) is 5.87. The summed E-state index contributed by atoms with van der Waals surface area (Å²) in [5.41, 5.74) is 0.310. The summed E-state index contributed by atoms with van der Waals surface area (Å²) in [4.78, 5) is 40.7. The Bertz CT molecular complexity index is 986. The molecule has 1 aromatic carbocycles. The number of amides is 2. The second kappa shape index (κ2) is 11.3. The molecule has 2 amide bonds. The van der Waals surface area contributed by atoms with Crippen LogP contribution in [-0.4, -0.2) is 86.7 Å². The Labute approximate surface area is 202 Å². The Morgan fingerprint density at radius 1 is 1.06 bits per heavy atom. The van der Waals surface area contributed by atoms with Crippen LogP contribution in [0.1, 0.15) is 49.9 Å². The minimum atomic E-state index is -3.59. The number of benzene rings is 1. The fourth-order valence-electron chi connectivity index (χ4n) is 4.40. The number of piperidine rings is 2. The van der Waals surface area contributed by atoms with Gasteiger partial charge in [0.2, 0.25) is 15.9 Å². The van der Waals surface area contributed by atoms with E-state index in [1.165, 1.54) is 40.5 Å². The quantitative estimate of drug-likeness (QED) is 0.538. The smallest absolute Gasteiger partial charge is 0.310 e. The van der Waals surface area contributed by atoms with Crippen LogP contribution in [0.15, 0.2) is 29.2 Å². The molecule has 2 heterocycles. The average molecular weight is 494 g/mol. The van der Waals surface area contributed by atoms with E-state index in [1.807, 2.05) is 0 Å². The van der Waals surface area contributed by atoms with Crippen LogP contribution in [0.25, 0.3) is 0 Å². The molecule has 0 radical (unpaired) electrons. The number of hydrogen-bond donors (Lipinski definition) is 0. The number of rotatable bonds is 7. The standard InChI is InChI=1S/C24H35N3O6S/c1-4-33-24(30)20-6-5-13-26(16-20)22(28)17-25(3)23(29)19-7-9-21(10-8-19)34(31,32)27-14-11-18(2)12-15-27/h7-10,18,20H,4-6,11-17H2,1-3H3. The Kier molecular flexibility index (Phi) is 8.70. The van der Waals surface area contributed by atoms with Gasteiger partial charge in [0.25, 0.3) is 5.91 Å². The van der Waals surface area contributed by atoms with Crippen molar-refractivity contribution in [1.29, 1.82) is 0 Å². The Hall–Kier alpha value is -2.46. The topological polar surface area (TPSA) is 104 Å². The van der Waals surface area contributed by atoms with Crippen molar-refractivity contribution in [3.8, 4) is 0 Å². The lowest BCUT2D eigenvalue weighted by Gasteiger charge is -2.32. The molecule has 0 saturated carbocycles. The summed E-state index contributed by atoms with van der Waals surface area (Å²) in [7, 11) is -2.05. The molecule has 2 aliphatic rings. The predicted octanol–water partition coefficient (Wildman–Crippen LogP) is 1.98. The molecule has 1 atom stereocenters. The predicted molar refractivity (Wildman–Crippen MR) is 126 cm³/mol. The van der Waals surface area contributed by atoms with Crippen LogP contribution in [0.5, 0.6) is 0 Å². The number of carbonyl (C=O) groups is 3. The molecule has 1 unspecified atom stereocenters. The largest absolute Gasteiger partial charge is 0.466 e. The van der Waals surface area contributed by atoms with Crippen molar-refractivity contribution in [2.24, 2.45) is 11.8 Å². The van der Waals surface area contributed by atoms with E-state index in [9.17, 15) is 22.8 Å². The van der Waals surface area contributed by atoms with E-state index in [1.54, 1.807) is 11.8 Å². The van der Waals surface area contributed by atoms with Gasteiger partial charge in [0.15, 0.2) is 0 Å². The molecule has 2 aliphatic heterocycles. The van der Waals surface area contributed by atoms with Crippen molar-refractivity contribution in [2.75, 3.05) is 46.4 Å². The number of likely N-dealkylation sites (N-methyl/N-ethyl adjacent to an activating group) is 1. The average Bonchev–Trinajstić information content (AvgIpc) is 2.84. The molecule has 0 spiro atoms. The van der Waals surface area contributed by atoms with Gasteiger partial charge in [-0.25, -0.2) is 8.42 Å². The zero-order valence-corrected chi connectivity index (χ0v) is 21.1. The molecule has 0 bridgehead atoms. The monoisotopic (exact) mass is 493 g/mol. The normalized spacial score (nSPS) is 20.1. The maximum Gasteiger partial charge on any atom is 0.310 e. The second-order valence-corrected chi connectivity index (χ2v) is 11.1. The number of likely N-dealkylation sites (tertiary alicyclic amines) is 1. The first-order chi connectivity index (χ1) is 16.1. The molecule has 2 saturated heterocycles. The first-order valence-electron chi connectivity index (χ1n) is 11.9. The molecule has 188 valence electrons. The van der Waals surface area contributed by atoms with Crippen molar-refractivity contribution in [1.82, 2.24) is 14.1 Å². The van der Waals surface area contributed by atoms with Crippen LogP contribution in [-0.2, 0) is 24.3 Å². The van der Waals surface area contributed by atoms with Gasteiger partial charge >= 0.3 is 5.97 Å². The summed E-state index contributed by atoms with van der Waals surface area (Å²) in [5, 5.41) is 0. The van der Waals surface area contributed by atoms with E-state index in [2.05, 4.69) is 6.92 Å². The van der Waals surface area contributed by atoms with Crippen LogP contribution in [0, 0.1) is 11.8 Å². The summed E-state index contributed by atoms with van der Waals surface area (Å²) >= 11 is 0. The Balaban J connectivity index is 1.59. The van der Waals surface area contributed by atoms with Crippen molar-refractivity contribution in [3.05, 3.63) is 29.8 Å². The third kappa shape index (κ3) is 6.15. The second-order valence-electron chi connectivity index (χ2n) is 9.20. The number of esters is 1. The molecule has 0 aliphatic carbocycles. The minimum absolute atomic E-state index is 0.125. The van der Waals surface area contributed by atoms with Crippen molar-refractivity contribution in [3.63, 3.8) is 0 Å². The number of ether oxygens (including phenoxy) is 1. The lowest BCUT2D eigenvalue weighted by molar-refractivity contribution is -0.151. The van der Waals surface area contributed by atoms with Crippen molar-refractivity contribution >= 4 is 27.8 Å². The van der Waals surface area contributed by atoms with Gasteiger partial charge in [0, 0.05) is 38.8 Å². The molecule has 0 N–H and O–H groups in total. The summed E-state index contributed by atoms with van der Waals surface area (Å²) < 4.78 is 32.4. The summed E-state index contributed by atoms with van der Waals surface area (Å²) in [5.74, 6) is -0.716.